The van der Waals surface area contributed by atoms with E-state index in [2.05, 4.69) is 19.1 Å². The minimum absolute atomic E-state index is 0.125. The molecule has 1 aromatic carbocycles. The summed E-state index contributed by atoms with van der Waals surface area (Å²) < 4.78 is 24.8. The molecule has 4 atom stereocenters. The number of benzene rings is 1. The smallest absolute Gasteiger partial charge is 0.185 e. The highest BCUT2D eigenvalue weighted by molar-refractivity contribution is 7.92. The number of Topliss-reactive ketones (excluding diaryl/α,β-unsaturated/α-hetero) is 1. The van der Waals surface area contributed by atoms with Crippen molar-refractivity contribution in [3.05, 3.63) is 42.0 Å². The van der Waals surface area contributed by atoms with Crippen molar-refractivity contribution < 1.29 is 13.2 Å². The lowest BCUT2D eigenvalue weighted by molar-refractivity contribution is -0.122. The highest BCUT2D eigenvalue weighted by Crippen LogP contribution is 2.48. The second-order valence-corrected chi connectivity index (χ2v) is 8.36. The summed E-state index contributed by atoms with van der Waals surface area (Å²) in [5, 5.41) is 0. The predicted octanol–water partition coefficient (Wildman–Crippen LogP) is 2.80. The maximum absolute atomic E-state index is 12.5. The summed E-state index contributed by atoms with van der Waals surface area (Å²) in [6.45, 7) is 3.97. The van der Waals surface area contributed by atoms with Gasteiger partial charge in [-0.25, -0.2) is 8.42 Å². The quantitative estimate of drug-likeness (QED) is 0.804. The monoisotopic (exact) mass is 304 g/mol. The zero-order valence-electron chi connectivity index (χ0n) is 12.3. The molecule has 21 heavy (non-hydrogen) atoms. The molecule has 112 valence electrons. The van der Waals surface area contributed by atoms with E-state index in [1.807, 2.05) is 6.92 Å². The lowest BCUT2D eigenvalue weighted by Crippen LogP contribution is -2.31. The minimum atomic E-state index is -3.53. The molecule has 4 heteroatoms. The molecular formula is C17H20O3S. The van der Waals surface area contributed by atoms with E-state index in [-0.39, 0.29) is 34.2 Å². The van der Waals surface area contributed by atoms with Crippen molar-refractivity contribution in [3.63, 3.8) is 0 Å². The molecule has 1 fully saturated rings. The first-order chi connectivity index (χ1) is 9.88. The second kappa shape index (κ2) is 5.09. The number of carbonyl (C=O) groups is 1. The molecule has 0 saturated heterocycles. The van der Waals surface area contributed by atoms with Crippen molar-refractivity contribution in [2.45, 2.75) is 25.2 Å². The van der Waals surface area contributed by atoms with Gasteiger partial charge in [0.1, 0.15) is 5.75 Å². The average molecular weight is 304 g/mol. The third kappa shape index (κ3) is 2.57. The van der Waals surface area contributed by atoms with Crippen LogP contribution < -0.4 is 0 Å². The molecule has 0 unspecified atom stereocenters. The van der Waals surface area contributed by atoms with Crippen molar-refractivity contribution in [3.8, 4) is 0 Å². The molecule has 0 amide bonds. The fraction of sp³-hybridized carbons (Fsp3) is 0.471. The summed E-state index contributed by atoms with van der Waals surface area (Å²) in [6, 6.07) is 6.70. The van der Waals surface area contributed by atoms with Crippen molar-refractivity contribution in [1.82, 2.24) is 0 Å². The fourth-order valence-electron chi connectivity index (χ4n) is 3.71. The molecule has 2 aliphatic carbocycles. The normalized spacial score (nSPS) is 30.8. The van der Waals surface area contributed by atoms with E-state index in [1.165, 1.54) is 0 Å². The Morgan fingerprint density at radius 1 is 1.14 bits per heavy atom. The first kappa shape index (κ1) is 14.5. The van der Waals surface area contributed by atoms with E-state index in [1.54, 1.807) is 24.3 Å². The van der Waals surface area contributed by atoms with E-state index in [0.717, 1.165) is 12.0 Å². The number of fused-ring (bicyclic) bond motifs is 2. The molecule has 2 bridgehead atoms. The van der Waals surface area contributed by atoms with E-state index in [0.29, 0.717) is 5.92 Å². The van der Waals surface area contributed by atoms with E-state index >= 15 is 0 Å². The number of sulfone groups is 1. The summed E-state index contributed by atoms with van der Waals surface area (Å²) in [5.41, 5.74) is 1.01. The van der Waals surface area contributed by atoms with Crippen LogP contribution in [-0.4, -0.2) is 20.0 Å². The van der Waals surface area contributed by atoms with Crippen LogP contribution in [0.2, 0.25) is 0 Å². The maximum Gasteiger partial charge on any atom is 0.185 e. The Hall–Kier alpha value is -1.42. The highest BCUT2D eigenvalue weighted by atomic mass is 32.2. The Morgan fingerprint density at radius 3 is 2.33 bits per heavy atom. The number of aryl methyl sites for hydroxylation is 1. The Bertz CT molecular complexity index is 685. The Morgan fingerprint density at radius 2 is 1.76 bits per heavy atom. The summed E-state index contributed by atoms with van der Waals surface area (Å²) in [4.78, 5) is 12.7. The van der Waals surface area contributed by atoms with Crippen LogP contribution in [0.5, 0.6) is 0 Å². The van der Waals surface area contributed by atoms with Gasteiger partial charge in [-0.3, -0.25) is 4.79 Å². The number of hydrogen-bond acceptors (Lipinski definition) is 3. The van der Waals surface area contributed by atoms with Crippen LogP contribution in [0.4, 0.5) is 0 Å². The Labute approximate surface area is 126 Å². The lowest BCUT2D eigenvalue weighted by Gasteiger charge is -2.23. The van der Waals surface area contributed by atoms with Gasteiger partial charge in [-0.05, 0) is 43.2 Å². The van der Waals surface area contributed by atoms with E-state index in [4.69, 9.17) is 0 Å². The first-order valence-electron chi connectivity index (χ1n) is 7.39. The summed E-state index contributed by atoms with van der Waals surface area (Å²) in [6.07, 6.45) is 5.27. The second-order valence-electron chi connectivity index (χ2n) is 6.37. The van der Waals surface area contributed by atoms with Gasteiger partial charge in [0.05, 0.1) is 4.90 Å². The first-order valence-corrected chi connectivity index (χ1v) is 9.04. The predicted molar refractivity (Wildman–Crippen MR) is 81.6 cm³/mol. The summed E-state index contributed by atoms with van der Waals surface area (Å²) in [7, 11) is -3.53. The zero-order chi connectivity index (χ0) is 15.2. The van der Waals surface area contributed by atoms with Gasteiger partial charge < -0.3 is 0 Å². The molecule has 0 aromatic heterocycles. The molecule has 0 spiro atoms. The molecule has 1 aromatic rings. The molecule has 0 radical (unpaired) electrons. The Kier molecular flexibility index (Phi) is 3.52. The van der Waals surface area contributed by atoms with Crippen LogP contribution in [0, 0.1) is 30.6 Å². The molecule has 3 rings (SSSR count). The molecule has 0 aliphatic heterocycles. The van der Waals surface area contributed by atoms with Gasteiger partial charge in [0, 0.05) is 5.92 Å². The molecular weight excluding hydrogens is 284 g/mol. The van der Waals surface area contributed by atoms with Gasteiger partial charge in [0.25, 0.3) is 0 Å². The van der Waals surface area contributed by atoms with Crippen LogP contribution in [0.15, 0.2) is 41.3 Å². The SMILES string of the molecule is Cc1ccc(S(=O)(=O)CC(=O)[C@H]2[C@H](C)[C@H]3C=C[C@@H]2C3)cc1. The van der Waals surface area contributed by atoms with Crippen molar-refractivity contribution >= 4 is 15.6 Å². The maximum atomic E-state index is 12.5. The minimum Gasteiger partial charge on any atom is -0.298 e. The number of rotatable bonds is 4. The third-order valence-corrected chi connectivity index (χ3v) is 6.59. The van der Waals surface area contributed by atoms with Crippen LogP contribution in [0.3, 0.4) is 0 Å². The van der Waals surface area contributed by atoms with Gasteiger partial charge in [-0.15, -0.1) is 0 Å². The molecule has 3 nitrogen and oxygen atoms in total. The van der Waals surface area contributed by atoms with Crippen molar-refractivity contribution in [2.24, 2.45) is 23.7 Å². The topological polar surface area (TPSA) is 51.2 Å². The van der Waals surface area contributed by atoms with Gasteiger partial charge in [0.15, 0.2) is 15.6 Å². The van der Waals surface area contributed by atoms with Crippen LogP contribution in [0.25, 0.3) is 0 Å². The number of hydrogen-bond donors (Lipinski definition) is 0. The summed E-state index contributed by atoms with van der Waals surface area (Å²) >= 11 is 0. The highest BCUT2D eigenvalue weighted by Gasteiger charge is 2.46. The van der Waals surface area contributed by atoms with Gasteiger partial charge in [-0.2, -0.15) is 0 Å². The molecule has 1 saturated carbocycles. The lowest BCUT2D eigenvalue weighted by atomic mass is 9.82. The number of carbonyl (C=O) groups excluding carboxylic acids is 1. The van der Waals surface area contributed by atoms with E-state index < -0.39 is 9.84 Å². The Balaban J connectivity index is 1.78. The molecule has 2 aliphatic rings. The number of allylic oxidation sites excluding steroid dienone is 2. The third-order valence-electron chi connectivity index (χ3n) is 4.94. The zero-order valence-corrected chi connectivity index (χ0v) is 13.1. The van der Waals surface area contributed by atoms with Gasteiger partial charge >= 0.3 is 0 Å². The van der Waals surface area contributed by atoms with Gasteiger partial charge in [-0.1, -0.05) is 36.8 Å². The van der Waals surface area contributed by atoms with Crippen LogP contribution in [0.1, 0.15) is 18.9 Å². The van der Waals surface area contributed by atoms with Crippen molar-refractivity contribution in [2.75, 3.05) is 5.75 Å². The van der Waals surface area contributed by atoms with Crippen LogP contribution in [-0.2, 0) is 14.6 Å². The standard InChI is InChI=1S/C17H20O3S/c1-11-3-7-15(8-4-11)21(19,20)10-16(18)17-12(2)13-5-6-14(17)9-13/h3-8,12-14,17H,9-10H2,1-2H3/t12-,13+,14-,17+/m1/s1. The van der Waals surface area contributed by atoms with Crippen LogP contribution >= 0.6 is 0 Å². The fourth-order valence-corrected chi connectivity index (χ4v) is 5.00. The largest absolute Gasteiger partial charge is 0.298 e. The molecule has 0 heterocycles. The van der Waals surface area contributed by atoms with Gasteiger partial charge in [0.2, 0.25) is 0 Å². The molecule has 0 N–H and O–H groups in total. The van der Waals surface area contributed by atoms with Crippen molar-refractivity contribution in [1.29, 1.82) is 0 Å². The average Bonchev–Trinajstić information content (AvgIpc) is 2.99. The summed E-state index contributed by atoms with van der Waals surface area (Å²) in [5.74, 6) is 0.333. The number of ketones is 1. The van der Waals surface area contributed by atoms with E-state index in [9.17, 15) is 13.2 Å².